The highest BCUT2D eigenvalue weighted by atomic mass is 32.2. The van der Waals surface area contributed by atoms with Crippen LogP contribution in [0.25, 0.3) is 0 Å². The number of anilines is 2. The van der Waals surface area contributed by atoms with Crippen LogP contribution in [0.3, 0.4) is 0 Å². The zero-order chi connectivity index (χ0) is 23.6. The Balaban J connectivity index is 1.65. The van der Waals surface area contributed by atoms with E-state index in [1.54, 1.807) is 49.6 Å². The lowest BCUT2D eigenvalue weighted by Gasteiger charge is -2.35. The zero-order valence-corrected chi connectivity index (χ0v) is 19.6. The summed E-state index contributed by atoms with van der Waals surface area (Å²) >= 11 is 0. The molecule has 33 heavy (non-hydrogen) atoms. The van der Waals surface area contributed by atoms with E-state index in [-0.39, 0.29) is 11.4 Å². The van der Waals surface area contributed by atoms with E-state index in [0.717, 1.165) is 16.7 Å². The Morgan fingerprint density at radius 3 is 2.52 bits per heavy atom. The number of amides is 1. The topological polar surface area (TPSA) is 84.9 Å². The number of nitrogens with one attached hydrogen (secondary N) is 1. The highest BCUT2D eigenvalue weighted by Gasteiger charge is 2.37. The van der Waals surface area contributed by atoms with Gasteiger partial charge in [0.25, 0.3) is 15.9 Å². The summed E-state index contributed by atoms with van der Waals surface area (Å²) in [7, 11) is -2.30. The summed E-state index contributed by atoms with van der Waals surface area (Å²) in [5.41, 5.74) is 3.76. The highest BCUT2D eigenvalue weighted by Crippen LogP contribution is 2.38. The van der Waals surface area contributed by atoms with E-state index >= 15 is 0 Å². The molecule has 3 aromatic rings. The van der Waals surface area contributed by atoms with Crippen molar-refractivity contribution in [3.05, 3.63) is 83.4 Å². The first-order valence-electron chi connectivity index (χ1n) is 10.5. The molecule has 0 aliphatic carbocycles. The lowest BCUT2D eigenvalue weighted by molar-refractivity contribution is -0.122. The van der Waals surface area contributed by atoms with E-state index in [1.165, 1.54) is 4.31 Å². The Morgan fingerprint density at radius 2 is 1.79 bits per heavy atom. The van der Waals surface area contributed by atoms with Gasteiger partial charge < -0.3 is 14.8 Å². The second kappa shape index (κ2) is 9.25. The third-order valence-electron chi connectivity index (χ3n) is 5.39. The maximum absolute atomic E-state index is 13.5. The van der Waals surface area contributed by atoms with Crippen LogP contribution in [0.2, 0.25) is 0 Å². The SMILES string of the molecule is COCc1cccc(NC(=O)C2CN(S(=O)(=O)c3ccc(C)cc3)c3cc(C)ccc3O2)c1. The van der Waals surface area contributed by atoms with Crippen LogP contribution in [0.4, 0.5) is 11.4 Å². The van der Waals surface area contributed by atoms with E-state index in [1.807, 2.05) is 38.1 Å². The maximum atomic E-state index is 13.5. The number of nitrogens with zero attached hydrogens (tertiary/aromatic N) is 1. The fourth-order valence-corrected chi connectivity index (χ4v) is 5.16. The van der Waals surface area contributed by atoms with Gasteiger partial charge in [0.2, 0.25) is 0 Å². The summed E-state index contributed by atoms with van der Waals surface area (Å²) in [6.45, 7) is 4.05. The normalized spacial score (nSPS) is 15.5. The van der Waals surface area contributed by atoms with Crippen molar-refractivity contribution in [3.8, 4) is 5.75 Å². The molecule has 0 radical (unpaired) electrons. The van der Waals surface area contributed by atoms with Gasteiger partial charge in [-0.2, -0.15) is 0 Å². The van der Waals surface area contributed by atoms with E-state index in [9.17, 15) is 13.2 Å². The summed E-state index contributed by atoms with van der Waals surface area (Å²) in [4.78, 5) is 13.2. The van der Waals surface area contributed by atoms with Gasteiger partial charge in [0.15, 0.2) is 6.10 Å². The van der Waals surface area contributed by atoms with E-state index in [4.69, 9.17) is 9.47 Å². The minimum Gasteiger partial charge on any atom is -0.476 e. The molecular weight excluding hydrogens is 440 g/mol. The van der Waals surface area contributed by atoms with Crippen LogP contribution in [-0.4, -0.2) is 34.1 Å². The van der Waals surface area contributed by atoms with E-state index in [0.29, 0.717) is 23.7 Å². The van der Waals surface area contributed by atoms with Crippen LogP contribution in [0.15, 0.2) is 71.6 Å². The van der Waals surface area contributed by atoms with Gasteiger partial charge in [0.1, 0.15) is 5.75 Å². The minimum atomic E-state index is -3.91. The Morgan fingerprint density at radius 1 is 1.06 bits per heavy atom. The fraction of sp³-hybridized carbons (Fsp3) is 0.240. The number of sulfonamides is 1. The van der Waals surface area contributed by atoms with Crippen molar-refractivity contribution in [2.45, 2.75) is 31.5 Å². The molecule has 1 aliphatic rings. The summed E-state index contributed by atoms with van der Waals surface area (Å²) in [5.74, 6) is -0.0873. The smallest absolute Gasteiger partial charge is 0.267 e. The molecule has 4 rings (SSSR count). The van der Waals surface area contributed by atoms with Crippen LogP contribution in [0.1, 0.15) is 16.7 Å². The lowest BCUT2D eigenvalue weighted by Crippen LogP contribution is -2.48. The summed E-state index contributed by atoms with van der Waals surface area (Å²) in [6, 6.07) is 19.2. The monoisotopic (exact) mass is 466 g/mol. The van der Waals surface area contributed by atoms with Gasteiger partial charge >= 0.3 is 0 Å². The largest absolute Gasteiger partial charge is 0.476 e. The number of ether oxygens (including phenoxy) is 2. The number of carbonyl (C=O) groups excluding carboxylic acids is 1. The first-order chi connectivity index (χ1) is 15.8. The van der Waals surface area contributed by atoms with Crippen LogP contribution >= 0.6 is 0 Å². The summed E-state index contributed by atoms with van der Waals surface area (Å²) in [5, 5.41) is 2.83. The Labute approximate surface area is 194 Å². The number of carbonyl (C=O) groups is 1. The zero-order valence-electron chi connectivity index (χ0n) is 18.7. The predicted octanol–water partition coefficient (Wildman–Crippen LogP) is 4.04. The number of fused-ring (bicyclic) bond motifs is 1. The van der Waals surface area contributed by atoms with E-state index in [2.05, 4.69) is 5.32 Å². The molecule has 0 saturated carbocycles. The molecule has 0 saturated heterocycles. The molecule has 1 amide bonds. The van der Waals surface area contributed by atoms with Gasteiger partial charge in [0, 0.05) is 12.8 Å². The van der Waals surface area contributed by atoms with Gasteiger partial charge in [-0.05, 0) is 61.4 Å². The number of aryl methyl sites for hydroxylation is 2. The Bertz CT molecular complexity index is 1270. The van der Waals surface area contributed by atoms with Crippen molar-refractivity contribution in [2.24, 2.45) is 0 Å². The van der Waals surface area contributed by atoms with Crippen molar-refractivity contribution < 1.29 is 22.7 Å². The Hall–Kier alpha value is -3.36. The number of methoxy groups -OCH3 is 1. The highest BCUT2D eigenvalue weighted by molar-refractivity contribution is 7.92. The molecule has 0 fully saturated rings. The average Bonchev–Trinajstić information content (AvgIpc) is 2.79. The van der Waals surface area contributed by atoms with Crippen LogP contribution in [0.5, 0.6) is 5.75 Å². The predicted molar refractivity (Wildman–Crippen MR) is 127 cm³/mol. The van der Waals surface area contributed by atoms with Crippen molar-refractivity contribution in [2.75, 3.05) is 23.3 Å². The van der Waals surface area contributed by atoms with Crippen molar-refractivity contribution in [1.82, 2.24) is 0 Å². The Kier molecular flexibility index (Phi) is 6.40. The molecule has 7 nitrogen and oxygen atoms in total. The molecule has 1 unspecified atom stereocenters. The molecule has 0 aromatic heterocycles. The van der Waals surface area contributed by atoms with Crippen LogP contribution in [0, 0.1) is 13.8 Å². The van der Waals surface area contributed by atoms with Gasteiger partial charge in [-0.15, -0.1) is 0 Å². The van der Waals surface area contributed by atoms with E-state index < -0.39 is 22.0 Å². The number of rotatable bonds is 6. The van der Waals surface area contributed by atoms with Gasteiger partial charge in [-0.1, -0.05) is 35.9 Å². The third kappa shape index (κ3) is 4.86. The van der Waals surface area contributed by atoms with Crippen LogP contribution < -0.4 is 14.4 Å². The quantitative estimate of drug-likeness (QED) is 0.593. The maximum Gasteiger partial charge on any atom is 0.267 e. The second-order valence-corrected chi connectivity index (χ2v) is 9.91. The standard InChI is InChI=1S/C25H26N2O5S/c1-17-7-10-21(11-8-17)33(29,30)27-15-24(32-23-12-9-18(2)13-22(23)27)25(28)26-20-6-4-5-19(14-20)16-31-3/h4-14,24H,15-16H2,1-3H3,(H,26,28). The number of hydrogen-bond acceptors (Lipinski definition) is 5. The molecule has 172 valence electrons. The summed E-state index contributed by atoms with van der Waals surface area (Å²) in [6.07, 6.45) is -1.02. The molecule has 1 N–H and O–H groups in total. The lowest BCUT2D eigenvalue weighted by atomic mass is 10.1. The molecule has 1 atom stereocenters. The van der Waals surface area contributed by atoms with Gasteiger partial charge in [0.05, 0.1) is 23.7 Å². The molecular formula is C25H26N2O5S. The molecule has 8 heteroatoms. The fourth-order valence-electron chi connectivity index (χ4n) is 3.69. The van der Waals surface area contributed by atoms with Crippen molar-refractivity contribution in [3.63, 3.8) is 0 Å². The summed E-state index contributed by atoms with van der Waals surface area (Å²) < 4.78 is 39.4. The molecule has 1 heterocycles. The minimum absolute atomic E-state index is 0.143. The molecule has 0 bridgehead atoms. The van der Waals surface area contributed by atoms with Crippen molar-refractivity contribution in [1.29, 1.82) is 0 Å². The molecule has 3 aromatic carbocycles. The first kappa shape index (κ1) is 22.8. The third-order valence-corrected chi connectivity index (χ3v) is 7.18. The van der Waals surface area contributed by atoms with Crippen LogP contribution in [-0.2, 0) is 26.2 Å². The first-order valence-corrected chi connectivity index (χ1v) is 12.0. The average molecular weight is 467 g/mol. The number of hydrogen-bond donors (Lipinski definition) is 1. The molecule has 1 aliphatic heterocycles. The second-order valence-electron chi connectivity index (χ2n) is 8.05. The van der Waals surface area contributed by atoms with Crippen molar-refractivity contribution >= 4 is 27.3 Å². The number of benzene rings is 3. The van der Waals surface area contributed by atoms with Gasteiger partial charge in [-0.25, -0.2) is 8.42 Å². The van der Waals surface area contributed by atoms with Gasteiger partial charge in [-0.3, -0.25) is 9.10 Å². The molecule has 0 spiro atoms.